The zero-order valence-corrected chi connectivity index (χ0v) is 17.5. The van der Waals surface area contributed by atoms with Crippen LogP contribution in [-0.2, 0) is 29.5 Å². The van der Waals surface area contributed by atoms with Crippen LogP contribution < -0.4 is 0 Å². The van der Waals surface area contributed by atoms with Crippen LogP contribution in [0, 0.1) is 24.0 Å². The first-order valence-electron chi connectivity index (χ1n) is 9.80. The summed E-state index contributed by atoms with van der Waals surface area (Å²) in [4.78, 5) is 13.2. The molecule has 1 aromatic heterocycles. The van der Waals surface area contributed by atoms with Crippen molar-refractivity contribution >= 4 is 15.7 Å². The van der Waals surface area contributed by atoms with Crippen LogP contribution >= 0.6 is 0 Å². The zero-order chi connectivity index (χ0) is 20.8. The van der Waals surface area contributed by atoms with E-state index in [-0.39, 0.29) is 5.69 Å². The van der Waals surface area contributed by atoms with Crippen molar-refractivity contribution in [3.8, 4) is 0 Å². The lowest BCUT2D eigenvalue weighted by atomic mass is 10.1. The van der Waals surface area contributed by atoms with Gasteiger partial charge in [0.1, 0.15) is 11.4 Å². The third-order valence-corrected chi connectivity index (χ3v) is 7.79. The Morgan fingerprint density at radius 2 is 1.79 bits per heavy atom. The molecular formula is C19H25N5O4S. The summed E-state index contributed by atoms with van der Waals surface area (Å²) in [6.07, 6.45) is 3.06. The second-order valence-corrected chi connectivity index (χ2v) is 9.66. The van der Waals surface area contributed by atoms with Crippen molar-refractivity contribution in [2.24, 2.45) is 0 Å². The van der Waals surface area contributed by atoms with Gasteiger partial charge in [0.25, 0.3) is 0 Å². The first kappa shape index (κ1) is 20.0. The minimum Gasteiger partial charge on any atom is -0.282 e. The predicted octanol–water partition coefficient (Wildman–Crippen LogP) is 1.86. The molecule has 2 aliphatic rings. The van der Waals surface area contributed by atoms with Crippen molar-refractivity contribution in [1.82, 2.24) is 19.0 Å². The molecule has 29 heavy (non-hydrogen) atoms. The highest BCUT2D eigenvalue weighted by atomic mass is 32.2. The van der Waals surface area contributed by atoms with Crippen LogP contribution in [0.5, 0.6) is 0 Å². The molecule has 1 aliphatic carbocycles. The van der Waals surface area contributed by atoms with Crippen molar-refractivity contribution in [1.29, 1.82) is 0 Å². The molecule has 0 N–H and O–H groups in total. The van der Waals surface area contributed by atoms with E-state index in [1.54, 1.807) is 24.6 Å². The number of aryl methyl sites for hydroxylation is 3. The SMILES string of the molecule is Cc1nn(CN2CCN(S(=O)(=O)c3ccc4c(c3)CCC4)CC2)c(C)c1[N+](=O)[O-]. The first-order chi connectivity index (χ1) is 13.8. The Kier molecular flexibility index (Phi) is 5.18. The van der Waals surface area contributed by atoms with E-state index >= 15 is 0 Å². The molecule has 0 amide bonds. The fourth-order valence-electron chi connectivity index (χ4n) is 4.25. The van der Waals surface area contributed by atoms with E-state index in [9.17, 15) is 18.5 Å². The molecule has 2 aromatic rings. The van der Waals surface area contributed by atoms with Crippen molar-refractivity contribution in [3.63, 3.8) is 0 Å². The zero-order valence-electron chi connectivity index (χ0n) is 16.7. The molecule has 10 heteroatoms. The van der Waals surface area contributed by atoms with Crippen LogP contribution in [0.2, 0.25) is 0 Å². The Morgan fingerprint density at radius 1 is 1.10 bits per heavy atom. The molecule has 1 fully saturated rings. The van der Waals surface area contributed by atoms with Crippen LogP contribution in [0.4, 0.5) is 5.69 Å². The van der Waals surface area contributed by atoms with E-state index in [1.165, 1.54) is 9.87 Å². The molecule has 1 aliphatic heterocycles. The topological polar surface area (TPSA) is 102 Å². The summed E-state index contributed by atoms with van der Waals surface area (Å²) >= 11 is 0. The number of sulfonamides is 1. The summed E-state index contributed by atoms with van der Waals surface area (Å²) in [5.41, 5.74) is 3.36. The quantitative estimate of drug-likeness (QED) is 0.542. The predicted molar refractivity (Wildman–Crippen MR) is 107 cm³/mol. The van der Waals surface area contributed by atoms with Crippen molar-refractivity contribution in [2.45, 2.75) is 44.7 Å². The van der Waals surface area contributed by atoms with Gasteiger partial charge in [-0.3, -0.25) is 15.0 Å². The van der Waals surface area contributed by atoms with E-state index in [1.807, 2.05) is 12.1 Å². The highest BCUT2D eigenvalue weighted by Gasteiger charge is 2.30. The Balaban J connectivity index is 1.43. The number of fused-ring (bicyclic) bond motifs is 1. The monoisotopic (exact) mass is 419 g/mol. The number of nitro groups is 1. The van der Waals surface area contributed by atoms with Gasteiger partial charge >= 0.3 is 5.69 Å². The third-order valence-electron chi connectivity index (χ3n) is 5.90. The van der Waals surface area contributed by atoms with Crippen molar-refractivity contribution in [2.75, 3.05) is 26.2 Å². The highest BCUT2D eigenvalue weighted by molar-refractivity contribution is 7.89. The van der Waals surface area contributed by atoms with Crippen LogP contribution in [0.3, 0.4) is 0 Å². The van der Waals surface area contributed by atoms with Gasteiger partial charge in [-0.2, -0.15) is 9.40 Å². The molecule has 4 rings (SSSR count). The normalized spacial score (nSPS) is 18.1. The molecule has 1 aromatic carbocycles. The number of benzene rings is 1. The second kappa shape index (κ2) is 7.51. The van der Waals surface area contributed by atoms with Gasteiger partial charge < -0.3 is 0 Å². The fourth-order valence-corrected chi connectivity index (χ4v) is 5.72. The summed E-state index contributed by atoms with van der Waals surface area (Å²) in [6.45, 7) is 5.61. The maximum atomic E-state index is 13.0. The first-order valence-corrected chi connectivity index (χ1v) is 11.2. The fraction of sp³-hybridized carbons (Fsp3) is 0.526. The van der Waals surface area contributed by atoms with Gasteiger partial charge in [0.05, 0.1) is 16.5 Å². The van der Waals surface area contributed by atoms with E-state index in [0.717, 1.165) is 24.8 Å². The number of hydrogen-bond acceptors (Lipinski definition) is 6. The van der Waals surface area contributed by atoms with Gasteiger partial charge in [0.2, 0.25) is 10.0 Å². The molecule has 2 heterocycles. The average molecular weight is 420 g/mol. The van der Waals surface area contributed by atoms with E-state index < -0.39 is 14.9 Å². The molecule has 0 saturated carbocycles. The summed E-state index contributed by atoms with van der Waals surface area (Å²) in [7, 11) is -3.51. The molecule has 0 spiro atoms. The lowest BCUT2D eigenvalue weighted by Gasteiger charge is -2.34. The molecule has 0 unspecified atom stereocenters. The van der Waals surface area contributed by atoms with Crippen LogP contribution in [0.15, 0.2) is 23.1 Å². The number of aromatic nitrogens is 2. The molecule has 156 valence electrons. The van der Waals surface area contributed by atoms with E-state index in [4.69, 9.17) is 0 Å². The molecule has 0 radical (unpaired) electrons. The van der Waals surface area contributed by atoms with Gasteiger partial charge in [-0.05, 0) is 56.4 Å². The van der Waals surface area contributed by atoms with Crippen LogP contribution in [-0.4, -0.2) is 58.5 Å². The summed E-state index contributed by atoms with van der Waals surface area (Å²) in [6, 6.07) is 5.50. The lowest BCUT2D eigenvalue weighted by molar-refractivity contribution is -0.386. The Bertz CT molecular complexity index is 1050. The average Bonchev–Trinajstić information content (AvgIpc) is 3.25. The maximum absolute atomic E-state index is 13.0. The lowest BCUT2D eigenvalue weighted by Crippen LogP contribution is -2.49. The van der Waals surface area contributed by atoms with Crippen molar-refractivity contribution < 1.29 is 13.3 Å². The largest absolute Gasteiger partial charge is 0.312 e. The van der Waals surface area contributed by atoms with E-state index in [0.29, 0.717) is 49.1 Å². The summed E-state index contributed by atoms with van der Waals surface area (Å²) in [5, 5.41) is 15.4. The Morgan fingerprint density at radius 3 is 2.45 bits per heavy atom. The smallest absolute Gasteiger partial charge is 0.282 e. The minimum atomic E-state index is -3.51. The number of rotatable bonds is 5. The van der Waals surface area contributed by atoms with Crippen LogP contribution in [0.1, 0.15) is 28.9 Å². The standard InChI is InChI=1S/C19H25N5O4S/c1-14-19(24(25)26)15(2)23(20-14)13-21-8-10-22(11-9-21)29(27,28)18-7-6-16-4-3-5-17(16)12-18/h6-7,12H,3-5,8-11,13H2,1-2H3. The number of hydrogen-bond donors (Lipinski definition) is 0. The highest BCUT2D eigenvalue weighted by Crippen LogP contribution is 2.27. The van der Waals surface area contributed by atoms with Gasteiger partial charge in [-0.1, -0.05) is 6.07 Å². The summed E-state index contributed by atoms with van der Waals surface area (Å²) in [5.74, 6) is 0. The van der Waals surface area contributed by atoms with Crippen molar-refractivity contribution in [3.05, 3.63) is 50.8 Å². The summed E-state index contributed by atoms with van der Waals surface area (Å²) < 4.78 is 29.2. The molecule has 0 atom stereocenters. The second-order valence-electron chi connectivity index (χ2n) is 7.72. The third kappa shape index (κ3) is 3.67. The Labute approximate surface area is 170 Å². The van der Waals surface area contributed by atoms with Crippen LogP contribution in [0.25, 0.3) is 0 Å². The van der Waals surface area contributed by atoms with Gasteiger partial charge in [0, 0.05) is 26.2 Å². The minimum absolute atomic E-state index is 0.0443. The molecular weight excluding hydrogens is 394 g/mol. The number of nitrogens with zero attached hydrogens (tertiary/aromatic N) is 5. The van der Waals surface area contributed by atoms with E-state index in [2.05, 4.69) is 10.00 Å². The molecule has 1 saturated heterocycles. The van der Waals surface area contributed by atoms with Gasteiger partial charge in [-0.15, -0.1) is 0 Å². The number of piperazine rings is 1. The van der Waals surface area contributed by atoms with Gasteiger partial charge in [0.15, 0.2) is 0 Å². The molecule has 9 nitrogen and oxygen atoms in total. The Hall–Kier alpha value is -2.30. The van der Waals surface area contributed by atoms with Gasteiger partial charge in [-0.25, -0.2) is 13.1 Å². The maximum Gasteiger partial charge on any atom is 0.312 e. The molecule has 0 bridgehead atoms.